The molecule has 3 rings (SSSR count). The van der Waals surface area contributed by atoms with Crippen LogP contribution in [0.4, 0.5) is 0 Å². The Hall–Kier alpha value is -2.93. The summed E-state index contributed by atoms with van der Waals surface area (Å²) in [6.07, 6.45) is 3.59. The molecule has 0 aliphatic heterocycles. The molecule has 1 aromatic carbocycles. The van der Waals surface area contributed by atoms with Crippen LogP contribution in [0.25, 0.3) is 5.69 Å². The zero-order chi connectivity index (χ0) is 17.1. The molecule has 122 valence electrons. The van der Waals surface area contributed by atoms with Crippen molar-refractivity contribution in [3.05, 3.63) is 70.2 Å². The first-order chi connectivity index (χ1) is 11.5. The lowest BCUT2D eigenvalue weighted by molar-refractivity contribution is 0.0944. The number of thiophene rings is 1. The van der Waals surface area contributed by atoms with Crippen LogP contribution >= 0.6 is 11.3 Å². The standard InChI is InChI=1S/C17H16N4O2S/c1-11(20-17(23)15-9-13(10-24-15)16(18)22)12-3-5-14(6-4-12)21-8-2-7-19-21/h2-11H,1H3,(H2,18,22)(H,20,23)/t11-/m0/s1. The van der Waals surface area contributed by atoms with E-state index in [4.69, 9.17) is 5.73 Å². The van der Waals surface area contributed by atoms with E-state index in [2.05, 4.69) is 10.4 Å². The van der Waals surface area contributed by atoms with Crippen LogP contribution in [0.5, 0.6) is 0 Å². The van der Waals surface area contributed by atoms with Crippen molar-refractivity contribution in [2.75, 3.05) is 0 Å². The Bertz CT molecular complexity index is 853. The Morgan fingerprint density at radius 3 is 2.62 bits per heavy atom. The van der Waals surface area contributed by atoms with Gasteiger partial charge in [-0.25, -0.2) is 4.68 Å². The summed E-state index contributed by atoms with van der Waals surface area (Å²) in [5.41, 5.74) is 7.48. The molecule has 0 spiro atoms. The Morgan fingerprint density at radius 2 is 2.04 bits per heavy atom. The van der Waals surface area contributed by atoms with E-state index in [0.717, 1.165) is 11.3 Å². The van der Waals surface area contributed by atoms with Crippen LogP contribution < -0.4 is 11.1 Å². The van der Waals surface area contributed by atoms with Crippen molar-refractivity contribution in [1.29, 1.82) is 0 Å². The molecule has 0 saturated carbocycles. The number of primary amides is 1. The van der Waals surface area contributed by atoms with Gasteiger partial charge in [-0.05, 0) is 36.8 Å². The van der Waals surface area contributed by atoms with Crippen molar-refractivity contribution >= 4 is 23.2 Å². The predicted octanol–water partition coefficient (Wildman–Crippen LogP) is 2.52. The number of amides is 2. The minimum Gasteiger partial charge on any atom is -0.366 e. The molecule has 2 aromatic heterocycles. The predicted molar refractivity (Wildman–Crippen MR) is 92.3 cm³/mol. The molecular formula is C17H16N4O2S. The molecule has 0 saturated heterocycles. The first kappa shape index (κ1) is 15.9. The zero-order valence-corrected chi connectivity index (χ0v) is 13.8. The highest BCUT2D eigenvalue weighted by Crippen LogP contribution is 2.18. The molecule has 0 unspecified atom stereocenters. The normalized spacial score (nSPS) is 11.9. The Kier molecular flexibility index (Phi) is 4.43. The number of benzene rings is 1. The summed E-state index contributed by atoms with van der Waals surface area (Å²) in [5.74, 6) is -0.760. The fourth-order valence-electron chi connectivity index (χ4n) is 2.27. The summed E-state index contributed by atoms with van der Waals surface area (Å²) < 4.78 is 1.77. The average molecular weight is 340 g/mol. The monoisotopic (exact) mass is 340 g/mol. The number of nitrogens with two attached hydrogens (primary N) is 1. The third-order valence-electron chi connectivity index (χ3n) is 3.62. The molecule has 24 heavy (non-hydrogen) atoms. The van der Waals surface area contributed by atoms with E-state index >= 15 is 0 Å². The lowest BCUT2D eigenvalue weighted by Gasteiger charge is -2.14. The second-order valence-corrected chi connectivity index (χ2v) is 6.21. The van der Waals surface area contributed by atoms with Crippen LogP contribution in [0.15, 0.2) is 54.2 Å². The van der Waals surface area contributed by atoms with E-state index in [-0.39, 0.29) is 11.9 Å². The van der Waals surface area contributed by atoms with Crippen molar-refractivity contribution < 1.29 is 9.59 Å². The van der Waals surface area contributed by atoms with E-state index in [1.54, 1.807) is 16.3 Å². The van der Waals surface area contributed by atoms with E-state index < -0.39 is 5.91 Å². The highest BCUT2D eigenvalue weighted by Gasteiger charge is 2.15. The third-order valence-corrected chi connectivity index (χ3v) is 4.55. The molecule has 0 radical (unpaired) electrons. The maximum absolute atomic E-state index is 12.3. The maximum Gasteiger partial charge on any atom is 0.261 e. The summed E-state index contributed by atoms with van der Waals surface area (Å²) in [5, 5.41) is 8.68. The van der Waals surface area contributed by atoms with Crippen LogP contribution in [-0.4, -0.2) is 21.6 Å². The molecule has 0 aliphatic carbocycles. The summed E-state index contributed by atoms with van der Waals surface area (Å²) in [7, 11) is 0. The maximum atomic E-state index is 12.3. The number of nitrogens with one attached hydrogen (secondary N) is 1. The van der Waals surface area contributed by atoms with Crippen LogP contribution in [0.3, 0.4) is 0 Å². The molecule has 1 atom stereocenters. The molecule has 3 aromatic rings. The number of aromatic nitrogens is 2. The van der Waals surface area contributed by atoms with Crippen molar-refractivity contribution in [2.24, 2.45) is 5.73 Å². The second kappa shape index (κ2) is 6.67. The topological polar surface area (TPSA) is 90.0 Å². The number of carbonyl (C=O) groups excluding carboxylic acids is 2. The quantitative estimate of drug-likeness (QED) is 0.748. The SMILES string of the molecule is C[C@H](NC(=O)c1cc(C(N)=O)cs1)c1ccc(-n2cccn2)cc1. The van der Waals surface area contributed by atoms with Crippen LogP contribution in [0.1, 0.15) is 38.6 Å². The molecule has 0 fully saturated rings. The summed E-state index contributed by atoms with van der Waals surface area (Å²) in [4.78, 5) is 23.8. The molecule has 3 N–H and O–H groups in total. The average Bonchev–Trinajstić information content (AvgIpc) is 3.26. The van der Waals surface area contributed by atoms with E-state index in [1.807, 2.05) is 43.5 Å². The lowest BCUT2D eigenvalue weighted by atomic mass is 10.1. The van der Waals surface area contributed by atoms with Gasteiger partial charge >= 0.3 is 0 Å². The van der Waals surface area contributed by atoms with Gasteiger partial charge in [0, 0.05) is 17.8 Å². The van der Waals surface area contributed by atoms with Gasteiger partial charge < -0.3 is 11.1 Å². The van der Waals surface area contributed by atoms with Gasteiger partial charge in [-0.3, -0.25) is 9.59 Å². The first-order valence-corrected chi connectivity index (χ1v) is 8.22. The van der Waals surface area contributed by atoms with E-state index in [1.165, 1.54) is 17.4 Å². The van der Waals surface area contributed by atoms with Crippen molar-refractivity contribution in [3.8, 4) is 5.69 Å². The van der Waals surface area contributed by atoms with Gasteiger partial charge in [0.15, 0.2) is 0 Å². The minimum absolute atomic E-state index is 0.164. The van der Waals surface area contributed by atoms with Gasteiger partial charge in [0.2, 0.25) is 5.91 Å². The highest BCUT2D eigenvalue weighted by atomic mass is 32.1. The largest absolute Gasteiger partial charge is 0.366 e. The van der Waals surface area contributed by atoms with Crippen LogP contribution in [-0.2, 0) is 0 Å². The summed E-state index contributed by atoms with van der Waals surface area (Å²) in [6, 6.07) is 11.0. The van der Waals surface area contributed by atoms with Gasteiger partial charge in [-0.15, -0.1) is 11.3 Å². The van der Waals surface area contributed by atoms with Crippen molar-refractivity contribution in [1.82, 2.24) is 15.1 Å². The van der Waals surface area contributed by atoms with Crippen LogP contribution in [0, 0.1) is 0 Å². The number of carbonyl (C=O) groups is 2. The number of hydrogen-bond donors (Lipinski definition) is 2. The minimum atomic E-state index is -0.535. The first-order valence-electron chi connectivity index (χ1n) is 7.34. The molecule has 0 aliphatic rings. The fourth-order valence-corrected chi connectivity index (χ4v) is 3.07. The summed E-state index contributed by atoms with van der Waals surface area (Å²) in [6.45, 7) is 1.91. The molecule has 0 bridgehead atoms. The number of rotatable bonds is 5. The molecular weight excluding hydrogens is 324 g/mol. The van der Waals surface area contributed by atoms with Gasteiger partial charge in [0.25, 0.3) is 5.91 Å². The zero-order valence-electron chi connectivity index (χ0n) is 13.0. The van der Waals surface area contributed by atoms with Gasteiger partial charge in [-0.2, -0.15) is 5.10 Å². The third kappa shape index (κ3) is 3.36. The van der Waals surface area contributed by atoms with Crippen molar-refractivity contribution in [2.45, 2.75) is 13.0 Å². The molecule has 2 heterocycles. The van der Waals surface area contributed by atoms with Gasteiger partial charge in [0.05, 0.1) is 22.2 Å². The Balaban J connectivity index is 1.68. The number of nitrogens with zero attached hydrogens (tertiary/aromatic N) is 2. The highest BCUT2D eigenvalue weighted by molar-refractivity contribution is 7.12. The molecule has 6 nitrogen and oxygen atoms in total. The summed E-state index contributed by atoms with van der Waals surface area (Å²) >= 11 is 1.20. The Labute approximate surface area is 142 Å². The van der Waals surface area contributed by atoms with E-state index in [0.29, 0.717) is 10.4 Å². The lowest BCUT2D eigenvalue weighted by Crippen LogP contribution is -2.26. The molecule has 7 heteroatoms. The smallest absolute Gasteiger partial charge is 0.261 e. The van der Waals surface area contributed by atoms with Crippen LogP contribution in [0.2, 0.25) is 0 Å². The number of hydrogen-bond acceptors (Lipinski definition) is 4. The second-order valence-electron chi connectivity index (χ2n) is 5.30. The fraction of sp³-hybridized carbons (Fsp3) is 0.118. The molecule has 2 amide bonds. The van der Waals surface area contributed by atoms with Crippen molar-refractivity contribution in [3.63, 3.8) is 0 Å². The van der Waals surface area contributed by atoms with E-state index in [9.17, 15) is 9.59 Å². The van der Waals surface area contributed by atoms with Gasteiger partial charge in [0.1, 0.15) is 0 Å². The Morgan fingerprint density at radius 1 is 1.29 bits per heavy atom. The van der Waals surface area contributed by atoms with Gasteiger partial charge in [-0.1, -0.05) is 12.1 Å².